The predicted octanol–water partition coefficient (Wildman–Crippen LogP) is 0.611. The molecule has 1 aromatic rings. The van der Waals surface area contributed by atoms with Crippen molar-refractivity contribution in [2.45, 2.75) is 24.3 Å². The average molecular weight is 508 g/mol. The van der Waals surface area contributed by atoms with E-state index in [1.54, 1.807) is 5.38 Å². The summed E-state index contributed by atoms with van der Waals surface area (Å²) < 4.78 is 0.939. The van der Waals surface area contributed by atoms with Crippen molar-refractivity contribution in [2.75, 3.05) is 45.3 Å². The first-order valence-electron chi connectivity index (χ1n) is 10.8. The van der Waals surface area contributed by atoms with E-state index in [9.17, 15) is 19.5 Å². The Kier molecular flexibility index (Phi) is 6.96. The van der Waals surface area contributed by atoms with Gasteiger partial charge in [0.2, 0.25) is 0 Å². The van der Waals surface area contributed by atoms with Gasteiger partial charge in [0.15, 0.2) is 10.8 Å². The van der Waals surface area contributed by atoms with Gasteiger partial charge >= 0.3 is 5.97 Å². The number of hydrogen-bond donors (Lipinski definition) is 3. The molecule has 0 saturated carbocycles. The van der Waals surface area contributed by atoms with Gasteiger partial charge in [-0.3, -0.25) is 14.5 Å². The number of oxime groups is 1. The standard InChI is InChI=1S/C21H26N6O5S2/c1-27(7-3-4-8-27)9-5-6-12-10-33-19-15(18(29)26(19)16(12)20(30)31)24-17(28)14(25-32-2)13-11-34-21(22)23-13/h5-6,11,15,19H,3-4,7-10H2,1-2H3,(H3-,22,23,24,28,30,31)/p+1/t15?,19-/m0/s1. The number of likely N-dealkylation sites (N-methyl/N-ethyl adjacent to an activating group) is 1. The minimum absolute atomic E-state index is 0.0300. The summed E-state index contributed by atoms with van der Waals surface area (Å²) >= 11 is 2.55. The number of fused-ring (bicyclic) bond motifs is 1. The van der Waals surface area contributed by atoms with E-state index < -0.39 is 29.2 Å². The molecule has 2 saturated heterocycles. The zero-order valence-corrected chi connectivity index (χ0v) is 20.5. The Morgan fingerprint density at radius 3 is 2.79 bits per heavy atom. The second kappa shape index (κ2) is 9.76. The SMILES string of the molecule is CON=C(C(=O)NC1C(=O)N2C(C(=O)O)=C(C=CC[N+]3(C)CCCC3)CS[C@@H]12)c1csc(N)n1. The number of hydrogen-bond acceptors (Lipinski definition) is 9. The molecule has 1 unspecified atom stereocenters. The van der Waals surface area contributed by atoms with Crippen LogP contribution in [0.3, 0.4) is 0 Å². The highest BCUT2D eigenvalue weighted by Crippen LogP contribution is 2.40. The van der Waals surface area contributed by atoms with Crippen LogP contribution in [0.2, 0.25) is 0 Å². The molecule has 11 nitrogen and oxygen atoms in total. The number of amides is 2. The van der Waals surface area contributed by atoms with Crippen molar-refractivity contribution in [3.05, 3.63) is 34.5 Å². The average Bonchev–Trinajstić information content (AvgIpc) is 3.43. The number of nitrogen functional groups attached to an aromatic ring is 1. The molecule has 4 N–H and O–H groups in total. The van der Waals surface area contributed by atoms with Gasteiger partial charge in [0.1, 0.15) is 29.9 Å². The lowest BCUT2D eigenvalue weighted by Crippen LogP contribution is -2.71. The number of carbonyl (C=O) groups excluding carboxylic acids is 2. The van der Waals surface area contributed by atoms with Gasteiger partial charge in [-0.05, 0) is 11.6 Å². The number of carboxylic acids is 1. The van der Waals surface area contributed by atoms with Crippen LogP contribution in [0.1, 0.15) is 18.5 Å². The minimum atomic E-state index is -1.16. The quantitative estimate of drug-likeness (QED) is 0.201. The molecule has 34 heavy (non-hydrogen) atoms. The van der Waals surface area contributed by atoms with E-state index in [1.165, 1.54) is 36.6 Å². The highest BCUT2D eigenvalue weighted by Gasteiger charge is 2.54. The topological polar surface area (TPSA) is 147 Å². The number of aliphatic carboxylic acids is 1. The highest BCUT2D eigenvalue weighted by atomic mass is 32.2. The van der Waals surface area contributed by atoms with Gasteiger partial charge in [-0.1, -0.05) is 11.2 Å². The number of anilines is 1. The molecule has 3 aliphatic rings. The number of thiazole rings is 1. The van der Waals surface area contributed by atoms with Crippen LogP contribution in [0.15, 0.2) is 34.0 Å². The lowest BCUT2D eigenvalue weighted by Gasteiger charge is -2.49. The molecule has 3 aliphatic heterocycles. The lowest BCUT2D eigenvalue weighted by molar-refractivity contribution is -0.891. The number of nitrogens with two attached hydrogens (primary N) is 1. The van der Waals surface area contributed by atoms with E-state index in [2.05, 4.69) is 22.5 Å². The number of carbonyl (C=O) groups is 3. The number of carboxylic acid groups (broad SMARTS) is 1. The summed E-state index contributed by atoms with van der Waals surface area (Å²) in [7, 11) is 3.49. The van der Waals surface area contributed by atoms with Crippen LogP contribution in [-0.2, 0) is 19.2 Å². The van der Waals surface area contributed by atoms with Crippen molar-refractivity contribution in [3.63, 3.8) is 0 Å². The fourth-order valence-corrected chi connectivity index (χ4v) is 6.27. The number of quaternary nitrogens is 1. The van der Waals surface area contributed by atoms with Crippen LogP contribution in [0, 0.1) is 0 Å². The lowest BCUT2D eigenvalue weighted by atomic mass is 10.0. The van der Waals surface area contributed by atoms with Gasteiger partial charge in [0, 0.05) is 24.0 Å². The van der Waals surface area contributed by atoms with Crippen LogP contribution in [0.4, 0.5) is 5.13 Å². The van der Waals surface area contributed by atoms with E-state index in [0.29, 0.717) is 11.3 Å². The van der Waals surface area contributed by atoms with Crippen molar-refractivity contribution in [1.29, 1.82) is 0 Å². The molecule has 2 fully saturated rings. The van der Waals surface area contributed by atoms with Crippen molar-refractivity contribution in [3.8, 4) is 0 Å². The van der Waals surface area contributed by atoms with E-state index in [0.717, 1.165) is 35.5 Å². The molecule has 13 heteroatoms. The van der Waals surface area contributed by atoms with Gasteiger partial charge in [-0.2, -0.15) is 0 Å². The molecule has 1 aromatic heterocycles. The fourth-order valence-electron chi connectivity index (χ4n) is 4.40. The summed E-state index contributed by atoms with van der Waals surface area (Å²) in [5, 5.41) is 17.5. The minimum Gasteiger partial charge on any atom is -0.477 e. The summed E-state index contributed by atoms with van der Waals surface area (Å²) in [5.41, 5.74) is 6.33. The molecule has 0 aromatic carbocycles. The smallest absolute Gasteiger partial charge is 0.352 e. The molecule has 4 rings (SSSR count). The number of thioether (sulfide) groups is 1. The Morgan fingerprint density at radius 2 is 2.18 bits per heavy atom. The normalized spacial score (nSPS) is 24.2. The van der Waals surface area contributed by atoms with Crippen LogP contribution < -0.4 is 11.1 Å². The molecule has 0 bridgehead atoms. The van der Waals surface area contributed by atoms with E-state index in [1.807, 2.05) is 12.2 Å². The molecular formula is C21H27N6O5S2+. The van der Waals surface area contributed by atoms with E-state index in [-0.39, 0.29) is 22.2 Å². The monoisotopic (exact) mass is 507 g/mol. The second-order valence-corrected chi connectivity index (χ2v) is 10.6. The molecule has 0 radical (unpaired) electrons. The number of nitrogens with zero attached hydrogens (tertiary/aromatic N) is 4. The van der Waals surface area contributed by atoms with Crippen LogP contribution in [-0.4, -0.2) is 93.9 Å². The molecular weight excluding hydrogens is 480 g/mol. The zero-order valence-electron chi connectivity index (χ0n) is 18.9. The Hall–Kier alpha value is -2.90. The first-order valence-corrected chi connectivity index (χ1v) is 12.7. The van der Waals surface area contributed by atoms with Gasteiger partial charge in [-0.15, -0.1) is 23.1 Å². The Labute approximate surface area is 204 Å². The first-order chi connectivity index (χ1) is 16.2. The number of nitrogens with one attached hydrogen (secondary N) is 1. The van der Waals surface area contributed by atoms with Gasteiger partial charge in [0.25, 0.3) is 11.8 Å². The summed E-state index contributed by atoms with van der Waals surface area (Å²) in [6, 6.07) is -0.885. The maximum absolute atomic E-state index is 12.9. The maximum Gasteiger partial charge on any atom is 0.352 e. The molecule has 2 atom stereocenters. The third-order valence-electron chi connectivity index (χ3n) is 6.16. The number of allylic oxidation sites excluding steroid dienone is 1. The molecule has 0 spiro atoms. The third kappa shape index (κ3) is 4.68. The Balaban J connectivity index is 1.48. The van der Waals surface area contributed by atoms with Crippen LogP contribution in [0.25, 0.3) is 0 Å². The van der Waals surface area contributed by atoms with Crippen molar-refractivity contribution >= 4 is 51.7 Å². The van der Waals surface area contributed by atoms with Crippen molar-refractivity contribution in [2.24, 2.45) is 5.16 Å². The van der Waals surface area contributed by atoms with Crippen LogP contribution in [0.5, 0.6) is 0 Å². The molecule has 0 aliphatic carbocycles. The molecule has 2 amide bonds. The summed E-state index contributed by atoms with van der Waals surface area (Å²) in [6.45, 7) is 3.04. The van der Waals surface area contributed by atoms with Gasteiger partial charge in [0.05, 0.1) is 26.7 Å². The molecule has 4 heterocycles. The van der Waals surface area contributed by atoms with Crippen LogP contribution >= 0.6 is 23.1 Å². The van der Waals surface area contributed by atoms with Gasteiger partial charge < -0.3 is 25.5 Å². The van der Waals surface area contributed by atoms with E-state index >= 15 is 0 Å². The number of likely N-dealkylation sites (tertiary alicyclic amines) is 1. The maximum atomic E-state index is 12.9. The summed E-state index contributed by atoms with van der Waals surface area (Å²) in [5.74, 6) is -1.88. The highest BCUT2D eigenvalue weighted by molar-refractivity contribution is 8.00. The van der Waals surface area contributed by atoms with E-state index in [4.69, 9.17) is 10.6 Å². The largest absolute Gasteiger partial charge is 0.477 e. The molecule has 182 valence electrons. The third-order valence-corrected chi connectivity index (χ3v) is 8.14. The number of aromatic nitrogens is 1. The summed E-state index contributed by atoms with van der Waals surface area (Å²) in [6.07, 6.45) is 6.23. The predicted molar refractivity (Wildman–Crippen MR) is 129 cm³/mol. The van der Waals surface area contributed by atoms with Crippen molar-refractivity contribution in [1.82, 2.24) is 15.2 Å². The first kappa shape index (κ1) is 24.2. The Morgan fingerprint density at radius 1 is 1.44 bits per heavy atom. The van der Waals surface area contributed by atoms with Crippen molar-refractivity contribution < 1.29 is 28.8 Å². The summed E-state index contributed by atoms with van der Waals surface area (Å²) in [4.78, 5) is 47.8. The number of β-lactam (4-membered cyclic amide) rings is 1. The zero-order chi connectivity index (χ0) is 24.5. The van der Waals surface area contributed by atoms with Gasteiger partial charge in [-0.25, -0.2) is 9.78 Å². The second-order valence-electron chi connectivity index (χ2n) is 8.59. The fraction of sp³-hybridized carbons (Fsp3) is 0.476. The number of rotatable bonds is 8. The Bertz CT molecular complexity index is 1090.